The number of amides is 2. The number of urea groups is 1. The maximum absolute atomic E-state index is 14.1. The van der Waals surface area contributed by atoms with E-state index in [0.29, 0.717) is 47.0 Å². The Bertz CT molecular complexity index is 936. The molecule has 0 bridgehead atoms. The van der Waals surface area contributed by atoms with Gasteiger partial charge in [-0.15, -0.1) is 0 Å². The average Bonchev–Trinajstić information content (AvgIpc) is 3.44. The van der Waals surface area contributed by atoms with Crippen LogP contribution in [0.25, 0.3) is 0 Å². The fourth-order valence-corrected chi connectivity index (χ4v) is 3.81. The Morgan fingerprint density at radius 2 is 2.07 bits per heavy atom. The molecule has 1 saturated carbocycles. The maximum atomic E-state index is 14.1. The van der Waals surface area contributed by atoms with E-state index < -0.39 is 30.3 Å². The summed E-state index contributed by atoms with van der Waals surface area (Å²) in [6.45, 7) is 0.519. The van der Waals surface area contributed by atoms with Gasteiger partial charge in [0.1, 0.15) is 17.4 Å². The molecule has 0 aromatic heterocycles. The number of anilines is 1. The number of aliphatic hydroxyl groups excluding tert-OH is 1. The van der Waals surface area contributed by atoms with Crippen LogP contribution in [0.4, 0.5) is 19.3 Å². The summed E-state index contributed by atoms with van der Waals surface area (Å²) in [5.41, 5.74) is 1.76. The second-order valence-corrected chi connectivity index (χ2v) is 8.31. The van der Waals surface area contributed by atoms with E-state index in [4.69, 9.17) is 4.74 Å². The largest absolute Gasteiger partial charge is 0.493 e. The number of benzene rings is 2. The van der Waals surface area contributed by atoms with E-state index in [1.54, 1.807) is 12.1 Å². The van der Waals surface area contributed by atoms with Gasteiger partial charge in [0.15, 0.2) is 0 Å². The number of nitrogens with one attached hydrogen (secondary N) is 1. The maximum Gasteiger partial charge on any atom is 0.322 e. The van der Waals surface area contributed by atoms with Crippen molar-refractivity contribution in [2.45, 2.75) is 25.3 Å². The standard InChI is InChI=1S/C21H21BrF2N2O3/c22-17-7-13-3-4-26(20(13)9-18(17)24)21(28)25-19(10-27)14-5-15(23)8-16(6-14)29-11-12-1-2-12/h5-9,12,19,27H,1-4,10-11H2,(H,25,28)/t19-/m1/s1. The van der Waals surface area contributed by atoms with Gasteiger partial charge in [-0.2, -0.15) is 0 Å². The minimum Gasteiger partial charge on any atom is -0.493 e. The van der Waals surface area contributed by atoms with E-state index in [1.165, 1.54) is 23.1 Å². The molecule has 1 aliphatic heterocycles. The minimum atomic E-state index is -0.814. The van der Waals surface area contributed by atoms with E-state index in [2.05, 4.69) is 21.2 Å². The smallest absolute Gasteiger partial charge is 0.322 e. The molecule has 4 rings (SSSR count). The summed E-state index contributed by atoms with van der Waals surface area (Å²) in [4.78, 5) is 14.2. The number of aliphatic hydroxyl groups is 1. The van der Waals surface area contributed by atoms with E-state index in [1.807, 2.05) is 0 Å². The summed E-state index contributed by atoms with van der Waals surface area (Å²) in [6.07, 6.45) is 2.84. The molecule has 2 aromatic rings. The highest BCUT2D eigenvalue weighted by atomic mass is 79.9. The van der Waals surface area contributed by atoms with Crippen molar-refractivity contribution in [3.05, 3.63) is 57.6 Å². The van der Waals surface area contributed by atoms with Crippen LogP contribution in [0.3, 0.4) is 0 Å². The fourth-order valence-electron chi connectivity index (χ4n) is 3.42. The lowest BCUT2D eigenvalue weighted by molar-refractivity contribution is 0.221. The van der Waals surface area contributed by atoms with Crippen molar-refractivity contribution < 1.29 is 23.4 Å². The molecule has 1 atom stereocenters. The molecule has 1 heterocycles. The van der Waals surface area contributed by atoms with Gasteiger partial charge in [-0.05, 0) is 76.5 Å². The number of ether oxygens (including phenoxy) is 1. The first-order valence-corrected chi connectivity index (χ1v) is 10.3. The third-order valence-corrected chi connectivity index (χ3v) is 5.83. The van der Waals surface area contributed by atoms with Crippen LogP contribution in [0, 0.1) is 17.6 Å². The summed E-state index contributed by atoms with van der Waals surface area (Å²) >= 11 is 3.15. The number of rotatable bonds is 6. The molecule has 2 N–H and O–H groups in total. The zero-order chi connectivity index (χ0) is 20.5. The van der Waals surface area contributed by atoms with Gasteiger partial charge in [0.25, 0.3) is 0 Å². The van der Waals surface area contributed by atoms with Crippen LogP contribution in [-0.2, 0) is 6.42 Å². The number of carbonyl (C=O) groups excluding carboxylic acids is 1. The van der Waals surface area contributed by atoms with Crippen molar-refractivity contribution in [3.63, 3.8) is 0 Å². The van der Waals surface area contributed by atoms with Gasteiger partial charge in [0.2, 0.25) is 0 Å². The van der Waals surface area contributed by atoms with Gasteiger partial charge in [0, 0.05) is 12.6 Å². The van der Waals surface area contributed by atoms with Gasteiger partial charge < -0.3 is 15.2 Å². The van der Waals surface area contributed by atoms with Crippen LogP contribution in [0.15, 0.2) is 34.8 Å². The van der Waals surface area contributed by atoms with Crippen molar-refractivity contribution in [1.82, 2.24) is 5.32 Å². The van der Waals surface area contributed by atoms with E-state index in [0.717, 1.165) is 18.4 Å². The third-order valence-electron chi connectivity index (χ3n) is 5.22. The number of fused-ring (bicyclic) bond motifs is 1. The van der Waals surface area contributed by atoms with Gasteiger partial charge >= 0.3 is 6.03 Å². The molecule has 0 radical (unpaired) electrons. The summed E-state index contributed by atoms with van der Waals surface area (Å²) in [7, 11) is 0. The van der Waals surface area contributed by atoms with E-state index in [-0.39, 0.29) is 0 Å². The molecule has 0 saturated heterocycles. The molecule has 5 nitrogen and oxygen atoms in total. The van der Waals surface area contributed by atoms with Gasteiger partial charge in [0.05, 0.1) is 29.4 Å². The molecule has 1 fully saturated rings. The molecule has 29 heavy (non-hydrogen) atoms. The molecular weight excluding hydrogens is 446 g/mol. The number of hydrogen-bond acceptors (Lipinski definition) is 3. The highest BCUT2D eigenvalue weighted by Gasteiger charge is 2.28. The Morgan fingerprint density at radius 3 is 2.79 bits per heavy atom. The highest BCUT2D eigenvalue weighted by molar-refractivity contribution is 9.10. The van der Waals surface area contributed by atoms with Crippen LogP contribution in [0.1, 0.15) is 30.0 Å². The van der Waals surface area contributed by atoms with Crippen molar-refractivity contribution in [2.24, 2.45) is 5.92 Å². The first kappa shape index (κ1) is 20.1. The van der Waals surface area contributed by atoms with Gasteiger partial charge in [-0.1, -0.05) is 0 Å². The highest BCUT2D eigenvalue weighted by Crippen LogP contribution is 2.33. The Balaban J connectivity index is 1.49. The van der Waals surface area contributed by atoms with Crippen LogP contribution >= 0.6 is 15.9 Å². The lowest BCUT2D eigenvalue weighted by Gasteiger charge is -2.23. The van der Waals surface area contributed by atoms with Crippen LogP contribution in [0.2, 0.25) is 0 Å². The van der Waals surface area contributed by atoms with E-state index in [9.17, 15) is 18.7 Å². The second kappa shape index (κ2) is 8.28. The molecule has 1 aliphatic carbocycles. The molecule has 0 spiro atoms. The van der Waals surface area contributed by atoms with Crippen LogP contribution in [0.5, 0.6) is 5.75 Å². The lowest BCUT2D eigenvalue weighted by atomic mass is 10.1. The fraction of sp³-hybridized carbons (Fsp3) is 0.381. The Kier molecular flexibility index (Phi) is 5.74. The van der Waals surface area contributed by atoms with Crippen molar-refractivity contribution in [2.75, 3.05) is 24.7 Å². The first-order valence-electron chi connectivity index (χ1n) is 9.54. The normalized spacial score (nSPS) is 16.5. The molecule has 2 amide bonds. The summed E-state index contributed by atoms with van der Waals surface area (Å²) < 4.78 is 34.0. The van der Waals surface area contributed by atoms with Crippen LogP contribution < -0.4 is 15.0 Å². The van der Waals surface area contributed by atoms with Crippen LogP contribution in [-0.4, -0.2) is 30.9 Å². The molecule has 8 heteroatoms. The molecule has 2 aliphatic rings. The zero-order valence-corrected chi connectivity index (χ0v) is 17.2. The Morgan fingerprint density at radius 1 is 1.28 bits per heavy atom. The van der Waals surface area contributed by atoms with Gasteiger partial charge in [-0.25, -0.2) is 13.6 Å². The molecule has 2 aromatic carbocycles. The summed E-state index contributed by atoms with van der Waals surface area (Å²) in [6, 6.07) is 5.87. The SMILES string of the molecule is O=C(N[C@H](CO)c1cc(F)cc(OCC2CC2)c1)N1CCc2cc(Br)c(F)cc21. The van der Waals surface area contributed by atoms with Crippen molar-refractivity contribution >= 4 is 27.6 Å². The average molecular weight is 467 g/mol. The number of halogens is 3. The topological polar surface area (TPSA) is 61.8 Å². The predicted octanol–water partition coefficient (Wildman–Crippen LogP) is 4.32. The van der Waals surface area contributed by atoms with Crippen molar-refractivity contribution in [3.8, 4) is 5.75 Å². The second-order valence-electron chi connectivity index (χ2n) is 7.46. The van der Waals surface area contributed by atoms with E-state index >= 15 is 0 Å². The summed E-state index contributed by atoms with van der Waals surface area (Å²) in [5.74, 6) is -0.0621. The third kappa shape index (κ3) is 4.53. The first-order chi connectivity index (χ1) is 13.9. The predicted molar refractivity (Wildman–Crippen MR) is 108 cm³/mol. The quantitative estimate of drug-likeness (QED) is 0.666. The lowest BCUT2D eigenvalue weighted by Crippen LogP contribution is -2.42. The van der Waals surface area contributed by atoms with Gasteiger partial charge in [-0.3, -0.25) is 4.90 Å². The number of hydrogen-bond donors (Lipinski definition) is 2. The monoisotopic (exact) mass is 466 g/mol. The minimum absolute atomic E-state index is 0.352. The molecule has 154 valence electrons. The molecule has 0 unspecified atom stereocenters. The van der Waals surface area contributed by atoms with Crippen molar-refractivity contribution in [1.29, 1.82) is 0 Å². The number of nitrogens with zero attached hydrogens (tertiary/aromatic N) is 1. The molecular formula is C21H21BrF2N2O3. The summed E-state index contributed by atoms with van der Waals surface area (Å²) in [5, 5.41) is 12.5. The Hall–Kier alpha value is -2.19. The number of carbonyl (C=O) groups is 1. The Labute approximate surface area is 175 Å². The zero-order valence-electron chi connectivity index (χ0n) is 15.6.